The van der Waals surface area contributed by atoms with E-state index < -0.39 is 0 Å². The molecule has 0 aromatic heterocycles. The third-order valence-electron chi connectivity index (χ3n) is 5.15. The van der Waals surface area contributed by atoms with Crippen LogP contribution in [-0.4, -0.2) is 13.2 Å². The monoisotopic (exact) mass is 415 g/mol. The molecule has 0 radical (unpaired) electrons. The van der Waals surface area contributed by atoms with Gasteiger partial charge in [-0.2, -0.15) is 5.26 Å². The van der Waals surface area contributed by atoms with Crippen LogP contribution in [0.25, 0.3) is 11.1 Å². The summed E-state index contributed by atoms with van der Waals surface area (Å²) in [4.78, 5) is 0. The molecular formula is C27H29NO3. The zero-order chi connectivity index (χ0) is 22.2. The molecule has 1 aliphatic rings. The van der Waals surface area contributed by atoms with E-state index in [0.29, 0.717) is 31.1 Å². The normalized spacial score (nSPS) is 11.7. The third kappa shape index (κ3) is 5.00. The summed E-state index contributed by atoms with van der Waals surface area (Å²) in [7, 11) is 0. The molecule has 1 heterocycles. The second-order valence-electron chi connectivity index (χ2n) is 7.05. The van der Waals surface area contributed by atoms with Crippen molar-refractivity contribution < 1.29 is 14.2 Å². The van der Waals surface area contributed by atoms with Crippen molar-refractivity contribution in [3.8, 4) is 34.4 Å². The molecule has 160 valence electrons. The number of rotatable bonds is 5. The lowest BCUT2D eigenvalue weighted by atomic mass is 9.96. The van der Waals surface area contributed by atoms with Gasteiger partial charge in [0.1, 0.15) is 31.6 Å². The fraction of sp³-hybridized carbons (Fsp3) is 0.296. The standard InChI is InChI=1S/C25H23NO3.C2H6/c1-3-18-7-9-23(17(2)13-18)29-16-20-5-4-6-21(22(20)15-26)19-8-10-24-25(14-19)28-12-11-27-24;1-2/h4-10,13-14H,3,11-12,16H2,1-2H3;1-2H3. The van der Waals surface area contributed by atoms with Crippen LogP contribution in [-0.2, 0) is 13.0 Å². The Morgan fingerprint density at radius 1 is 0.968 bits per heavy atom. The maximum absolute atomic E-state index is 9.86. The quantitative estimate of drug-likeness (QED) is 0.479. The summed E-state index contributed by atoms with van der Waals surface area (Å²) in [6.45, 7) is 9.61. The lowest BCUT2D eigenvalue weighted by Gasteiger charge is -2.19. The minimum absolute atomic E-state index is 0.341. The van der Waals surface area contributed by atoms with E-state index in [1.165, 1.54) is 5.56 Å². The highest BCUT2D eigenvalue weighted by Gasteiger charge is 2.16. The van der Waals surface area contributed by atoms with Crippen LogP contribution in [0.15, 0.2) is 54.6 Å². The molecule has 0 saturated carbocycles. The predicted octanol–water partition coefficient (Wildman–Crippen LogP) is 6.47. The van der Waals surface area contributed by atoms with Gasteiger partial charge < -0.3 is 14.2 Å². The molecule has 1 aliphatic heterocycles. The van der Waals surface area contributed by atoms with Crippen molar-refractivity contribution in [2.24, 2.45) is 0 Å². The van der Waals surface area contributed by atoms with Gasteiger partial charge in [-0.15, -0.1) is 0 Å². The van der Waals surface area contributed by atoms with Crippen LogP contribution in [0, 0.1) is 18.3 Å². The van der Waals surface area contributed by atoms with Crippen molar-refractivity contribution >= 4 is 0 Å². The number of hydrogen-bond donors (Lipinski definition) is 0. The Hall–Kier alpha value is -3.45. The van der Waals surface area contributed by atoms with Gasteiger partial charge in [0.05, 0.1) is 5.56 Å². The zero-order valence-electron chi connectivity index (χ0n) is 18.7. The molecule has 4 rings (SSSR count). The highest BCUT2D eigenvalue weighted by molar-refractivity contribution is 5.74. The molecule has 0 spiro atoms. The van der Waals surface area contributed by atoms with E-state index in [1.807, 2.05) is 63.2 Å². The molecule has 4 heteroatoms. The molecule has 0 saturated heterocycles. The Kier molecular flexibility index (Phi) is 7.56. The SMILES string of the molecule is CC.CCc1ccc(OCc2cccc(-c3ccc4c(c3)OCCO4)c2C#N)c(C)c1. The number of hydrogen-bond acceptors (Lipinski definition) is 4. The highest BCUT2D eigenvalue weighted by Crippen LogP contribution is 2.36. The topological polar surface area (TPSA) is 51.5 Å². The molecule has 31 heavy (non-hydrogen) atoms. The van der Waals surface area contributed by atoms with Crippen molar-refractivity contribution in [1.82, 2.24) is 0 Å². The van der Waals surface area contributed by atoms with Crippen LogP contribution in [0.3, 0.4) is 0 Å². The van der Waals surface area contributed by atoms with Crippen LogP contribution < -0.4 is 14.2 Å². The molecular weight excluding hydrogens is 386 g/mol. The second-order valence-corrected chi connectivity index (χ2v) is 7.05. The number of aryl methyl sites for hydroxylation is 2. The highest BCUT2D eigenvalue weighted by atomic mass is 16.6. The van der Waals surface area contributed by atoms with E-state index in [4.69, 9.17) is 14.2 Å². The van der Waals surface area contributed by atoms with Crippen molar-refractivity contribution in [3.05, 3.63) is 76.9 Å². The van der Waals surface area contributed by atoms with Crippen molar-refractivity contribution in [2.45, 2.75) is 40.7 Å². The van der Waals surface area contributed by atoms with Gasteiger partial charge in [-0.1, -0.05) is 57.2 Å². The summed E-state index contributed by atoms with van der Waals surface area (Å²) in [5.74, 6) is 2.30. The number of fused-ring (bicyclic) bond motifs is 1. The number of benzene rings is 3. The summed E-state index contributed by atoms with van der Waals surface area (Å²) in [5.41, 5.74) is 5.66. The molecule has 0 amide bonds. The average Bonchev–Trinajstić information content (AvgIpc) is 2.83. The molecule has 3 aromatic carbocycles. The number of ether oxygens (including phenoxy) is 3. The van der Waals surface area contributed by atoms with Gasteiger partial charge in [0.25, 0.3) is 0 Å². The predicted molar refractivity (Wildman–Crippen MR) is 124 cm³/mol. The first-order valence-corrected chi connectivity index (χ1v) is 10.8. The summed E-state index contributed by atoms with van der Waals surface area (Å²) < 4.78 is 17.3. The lowest BCUT2D eigenvalue weighted by molar-refractivity contribution is 0.171. The van der Waals surface area contributed by atoms with E-state index in [1.54, 1.807) is 0 Å². The Balaban J connectivity index is 0.00000132. The Morgan fingerprint density at radius 3 is 2.45 bits per heavy atom. The summed E-state index contributed by atoms with van der Waals surface area (Å²) >= 11 is 0. The van der Waals surface area contributed by atoms with Gasteiger partial charge in [-0.3, -0.25) is 0 Å². The number of nitrogens with zero attached hydrogens (tertiary/aromatic N) is 1. The summed E-state index contributed by atoms with van der Waals surface area (Å²) in [6.07, 6.45) is 0.997. The first-order chi connectivity index (χ1) is 15.2. The van der Waals surface area contributed by atoms with Gasteiger partial charge in [0.15, 0.2) is 11.5 Å². The maximum atomic E-state index is 9.86. The van der Waals surface area contributed by atoms with Crippen LogP contribution >= 0.6 is 0 Å². The van der Waals surface area contributed by atoms with E-state index in [-0.39, 0.29) is 0 Å². The maximum Gasteiger partial charge on any atom is 0.161 e. The van der Waals surface area contributed by atoms with Gasteiger partial charge in [-0.05, 0) is 53.8 Å². The molecule has 3 aromatic rings. The van der Waals surface area contributed by atoms with E-state index in [0.717, 1.165) is 40.2 Å². The molecule has 0 aliphatic carbocycles. The van der Waals surface area contributed by atoms with Crippen molar-refractivity contribution in [2.75, 3.05) is 13.2 Å². The second kappa shape index (κ2) is 10.5. The van der Waals surface area contributed by atoms with Crippen LogP contribution in [0.4, 0.5) is 0 Å². The smallest absolute Gasteiger partial charge is 0.161 e. The fourth-order valence-corrected chi connectivity index (χ4v) is 3.55. The average molecular weight is 416 g/mol. The van der Waals surface area contributed by atoms with Gasteiger partial charge >= 0.3 is 0 Å². The zero-order valence-corrected chi connectivity index (χ0v) is 18.7. The third-order valence-corrected chi connectivity index (χ3v) is 5.15. The lowest BCUT2D eigenvalue weighted by Crippen LogP contribution is -2.15. The molecule has 0 fully saturated rings. The van der Waals surface area contributed by atoms with E-state index in [9.17, 15) is 5.26 Å². The largest absolute Gasteiger partial charge is 0.489 e. The minimum Gasteiger partial charge on any atom is -0.489 e. The van der Waals surface area contributed by atoms with Gasteiger partial charge in [0.2, 0.25) is 0 Å². The Bertz CT molecular complexity index is 1080. The van der Waals surface area contributed by atoms with Crippen LogP contribution in [0.1, 0.15) is 43.0 Å². The minimum atomic E-state index is 0.341. The van der Waals surface area contributed by atoms with Crippen LogP contribution in [0.5, 0.6) is 17.2 Å². The first-order valence-electron chi connectivity index (χ1n) is 10.8. The first kappa shape index (κ1) is 22.2. The van der Waals surface area contributed by atoms with E-state index in [2.05, 4.69) is 25.1 Å². The number of nitriles is 1. The Morgan fingerprint density at radius 2 is 1.74 bits per heavy atom. The van der Waals surface area contributed by atoms with Gasteiger partial charge in [0, 0.05) is 5.56 Å². The molecule has 0 bridgehead atoms. The Labute approximate surface area is 185 Å². The van der Waals surface area contributed by atoms with Crippen molar-refractivity contribution in [3.63, 3.8) is 0 Å². The van der Waals surface area contributed by atoms with Gasteiger partial charge in [-0.25, -0.2) is 0 Å². The summed E-state index contributed by atoms with van der Waals surface area (Å²) in [5, 5.41) is 9.86. The molecule has 0 N–H and O–H groups in total. The molecule has 0 atom stereocenters. The summed E-state index contributed by atoms with van der Waals surface area (Å²) in [6, 6.07) is 20.2. The van der Waals surface area contributed by atoms with Crippen molar-refractivity contribution in [1.29, 1.82) is 5.26 Å². The molecule has 0 unspecified atom stereocenters. The van der Waals surface area contributed by atoms with E-state index >= 15 is 0 Å². The molecule has 4 nitrogen and oxygen atoms in total. The fourth-order valence-electron chi connectivity index (χ4n) is 3.55. The van der Waals surface area contributed by atoms with Crippen LogP contribution in [0.2, 0.25) is 0 Å².